The molecule has 0 bridgehead atoms. The summed E-state index contributed by atoms with van der Waals surface area (Å²) in [7, 11) is -3.39. The van der Waals surface area contributed by atoms with Gasteiger partial charge in [-0.3, -0.25) is 0 Å². The van der Waals surface area contributed by atoms with Crippen molar-refractivity contribution in [3.8, 4) is 0 Å². The lowest BCUT2D eigenvalue weighted by molar-refractivity contribution is 0.434. The highest BCUT2D eigenvalue weighted by Crippen LogP contribution is 2.06. The smallest absolute Gasteiger partial charge is 0.279 e. The molecule has 0 aromatic heterocycles. The van der Waals surface area contributed by atoms with Gasteiger partial charge in [-0.15, -0.1) is 0 Å². The Morgan fingerprint density at radius 2 is 1.83 bits per heavy atom. The Balaban J connectivity index is 2.69. The van der Waals surface area contributed by atoms with Crippen LogP contribution in [0.3, 0.4) is 0 Å². The molecule has 0 atom stereocenters. The molecule has 0 saturated heterocycles. The Hall–Kier alpha value is -0.950. The van der Waals surface area contributed by atoms with Crippen molar-refractivity contribution in [1.29, 1.82) is 0 Å². The Morgan fingerprint density at radius 3 is 2.39 bits per heavy atom. The predicted octanol–water partition coefficient (Wildman–Crippen LogP) is 0.822. The van der Waals surface area contributed by atoms with Crippen LogP contribution < -0.4 is 10.5 Å². The van der Waals surface area contributed by atoms with Crippen molar-refractivity contribution in [3.63, 3.8) is 0 Å². The SMILES string of the molecule is CCN(CC)S(=O)(=O)NCc1cccc(CN)c1. The highest BCUT2D eigenvalue weighted by Gasteiger charge is 2.17. The average Bonchev–Trinajstić information content (AvgIpc) is 2.38. The molecule has 0 radical (unpaired) electrons. The maximum Gasteiger partial charge on any atom is 0.279 e. The van der Waals surface area contributed by atoms with Crippen molar-refractivity contribution in [1.82, 2.24) is 9.03 Å². The summed E-state index contributed by atoms with van der Waals surface area (Å²) in [5.41, 5.74) is 7.45. The minimum absolute atomic E-state index is 0.284. The van der Waals surface area contributed by atoms with E-state index in [1.165, 1.54) is 4.31 Å². The molecule has 0 heterocycles. The van der Waals surface area contributed by atoms with Crippen molar-refractivity contribution >= 4 is 10.2 Å². The summed E-state index contributed by atoms with van der Waals surface area (Å²) in [4.78, 5) is 0. The number of benzene rings is 1. The molecule has 1 aromatic rings. The van der Waals surface area contributed by atoms with Gasteiger partial charge in [0.25, 0.3) is 10.2 Å². The van der Waals surface area contributed by atoms with Gasteiger partial charge in [0, 0.05) is 26.2 Å². The summed E-state index contributed by atoms with van der Waals surface area (Å²) in [6, 6.07) is 7.58. The van der Waals surface area contributed by atoms with E-state index in [-0.39, 0.29) is 6.54 Å². The molecule has 3 N–H and O–H groups in total. The van der Waals surface area contributed by atoms with Crippen molar-refractivity contribution < 1.29 is 8.42 Å². The van der Waals surface area contributed by atoms with E-state index in [4.69, 9.17) is 5.73 Å². The van der Waals surface area contributed by atoms with Crippen LogP contribution in [-0.2, 0) is 23.3 Å². The van der Waals surface area contributed by atoms with E-state index >= 15 is 0 Å². The second kappa shape index (κ2) is 6.84. The van der Waals surface area contributed by atoms with Crippen LogP contribution in [0, 0.1) is 0 Å². The molecule has 5 nitrogen and oxygen atoms in total. The molecule has 0 saturated carbocycles. The van der Waals surface area contributed by atoms with Crippen LogP contribution in [0.25, 0.3) is 0 Å². The van der Waals surface area contributed by atoms with Gasteiger partial charge in [-0.1, -0.05) is 38.1 Å². The van der Waals surface area contributed by atoms with Crippen LogP contribution in [0.4, 0.5) is 0 Å². The van der Waals surface area contributed by atoms with Gasteiger partial charge in [0.2, 0.25) is 0 Å². The van der Waals surface area contributed by atoms with E-state index in [1.54, 1.807) is 0 Å². The Kier molecular flexibility index (Phi) is 5.74. The van der Waals surface area contributed by atoms with Crippen molar-refractivity contribution in [2.24, 2.45) is 5.73 Å². The number of hydrogen-bond acceptors (Lipinski definition) is 3. The summed E-state index contributed by atoms with van der Waals surface area (Å²) in [5.74, 6) is 0. The van der Waals surface area contributed by atoms with Crippen LogP contribution in [0.2, 0.25) is 0 Å². The van der Waals surface area contributed by atoms with Gasteiger partial charge in [-0.05, 0) is 11.1 Å². The molecule has 6 heteroatoms. The van der Waals surface area contributed by atoms with Crippen LogP contribution in [-0.4, -0.2) is 25.8 Å². The van der Waals surface area contributed by atoms with Gasteiger partial charge in [-0.2, -0.15) is 17.4 Å². The molecular formula is C12H21N3O2S. The van der Waals surface area contributed by atoms with E-state index in [2.05, 4.69) is 4.72 Å². The molecule has 0 fully saturated rings. The van der Waals surface area contributed by atoms with Gasteiger partial charge < -0.3 is 5.73 Å². The maximum atomic E-state index is 11.9. The van der Waals surface area contributed by atoms with E-state index in [1.807, 2.05) is 38.1 Å². The van der Waals surface area contributed by atoms with Crippen LogP contribution in [0.5, 0.6) is 0 Å². The predicted molar refractivity (Wildman–Crippen MR) is 73.0 cm³/mol. The second-order valence-electron chi connectivity index (χ2n) is 3.93. The number of rotatable bonds is 7. The third-order valence-corrected chi connectivity index (χ3v) is 4.44. The Labute approximate surface area is 109 Å². The number of hydrogen-bond donors (Lipinski definition) is 2. The molecule has 0 spiro atoms. The van der Waals surface area contributed by atoms with Crippen LogP contribution >= 0.6 is 0 Å². The van der Waals surface area contributed by atoms with Crippen LogP contribution in [0.1, 0.15) is 25.0 Å². The average molecular weight is 271 g/mol. The quantitative estimate of drug-likeness (QED) is 0.771. The molecule has 102 valence electrons. The molecule has 0 aliphatic carbocycles. The fraction of sp³-hybridized carbons (Fsp3) is 0.500. The molecular weight excluding hydrogens is 250 g/mol. The van der Waals surface area contributed by atoms with Gasteiger partial charge in [0.1, 0.15) is 0 Å². The zero-order valence-corrected chi connectivity index (χ0v) is 11.7. The minimum atomic E-state index is -3.39. The molecule has 1 aromatic carbocycles. The van der Waals surface area contributed by atoms with Crippen molar-refractivity contribution in [2.75, 3.05) is 13.1 Å². The van der Waals surface area contributed by atoms with E-state index in [0.29, 0.717) is 19.6 Å². The fourth-order valence-corrected chi connectivity index (χ4v) is 2.91. The first-order valence-corrected chi connectivity index (χ1v) is 7.50. The summed E-state index contributed by atoms with van der Waals surface area (Å²) in [5, 5.41) is 0. The Bertz CT molecular complexity index is 470. The van der Waals surface area contributed by atoms with Gasteiger partial charge in [0.05, 0.1) is 0 Å². The lowest BCUT2D eigenvalue weighted by Crippen LogP contribution is -2.40. The van der Waals surface area contributed by atoms with E-state index in [9.17, 15) is 8.42 Å². The van der Waals surface area contributed by atoms with E-state index in [0.717, 1.165) is 11.1 Å². The van der Waals surface area contributed by atoms with Crippen molar-refractivity contribution in [2.45, 2.75) is 26.9 Å². The summed E-state index contributed by atoms with van der Waals surface area (Å²) in [6.07, 6.45) is 0. The molecule has 18 heavy (non-hydrogen) atoms. The number of nitrogens with zero attached hydrogens (tertiary/aromatic N) is 1. The molecule has 0 aliphatic heterocycles. The molecule has 0 amide bonds. The first kappa shape index (κ1) is 15.1. The molecule has 0 unspecified atom stereocenters. The van der Waals surface area contributed by atoms with Crippen LogP contribution in [0.15, 0.2) is 24.3 Å². The summed E-state index contributed by atoms with van der Waals surface area (Å²) in [6.45, 7) is 5.31. The lowest BCUT2D eigenvalue weighted by atomic mass is 10.1. The lowest BCUT2D eigenvalue weighted by Gasteiger charge is -2.18. The first-order chi connectivity index (χ1) is 8.53. The van der Waals surface area contributed by atoms with Crippen molar-refractivity contribution in [3.05, 3.63) is 35.4 Å². The second-order valence-corrected chi connectivity index (χ2v) is 5.69. The van der Waals surface area contributed by atoms with E-state index < -0.39 is 10.2 Å². The highest BCUT2D eigenvalue weighted by molar-refractivity contribution is 7.87. The van der Waals surface area contributed by atoms with Gasteiger partial charge >= 0.3 is 0 Å². The summed E-state index contributed by atoms with van der Waals surface area (Å²) >= 11 is 0. The first-order valence-electron chi connectivity index (χ1n) is 6.06. The highest BCUT2D eigenvalue weighted by atomic mass is 32.2. The fourth-order valence-electron chi connectivity index (χ4n) is 1.70. The zero-order chi connectivity index (χ0) is 13.6. The topological polar surface area (TPSA) is 75.4 Å². The number of nitrogens with one attached hydrogen (secondary N) is 1. The van der Waals surface area contributed by atoms with Gasteiger partial charge in [0.15, 0.2) is 0 Å². The zero-order valence-electron chi connectivity index (χ0n) is 10.9. The largest absolute Gasteiger partial charge is 0.326 e. The minimum Gasteiger partial charge on any atom is -0.326 e. The van der Waals surface area contributed by atoms with Gasteiger partial charge in [-0.25, -0.2) is 0 Å². The maximum absolute atomic E-state index is 11.9. The normalized spacial score (nSPS) is 12.0. The number of nitrogens with two attached hydrogens (primary N) is 1. The Morgan fingerprint density at radius 1 is 1.22 bits per heavy atom. The molecule has 1 rings (SSSR count). The third kappa shape index (κ3) is 4.06. The summed E-state index contributed by atoms with van der Waals surface area (Å²) < 4.78 is 27.8. The standard InChI is InChI=1S/C12H21N3O2S/c1-3-15(4-2)18(16,17)14-10-12-7-5-6-11(8-12)9-13/h5-8,14H,3-4,9-10,13H2,1-2H3. The monoisotopic (exact) mass is 271 g/mol. The molecule has 0 aliphatic rings. The third-order valence-electron chi connectivity index (χ3n) is 2.73.